The number of hydrogen-bond donors (Lipinski definition) is 0. The molecular formula is C22H23F2N5O2. The summed E-state index contributed by atoms with van der Waals surface area (Å²) in [5.74, 6) is -2.81. The monoisotopic (exact) mass is 427 g/mol. The Labute approximate surface area is 179 Å². The van der Waals surface area contributed by atoms with E-state index in [9.17, 15) is 13.6 Å². The first kappa shape index (κ1) is 21.0. The lowest BCUT2D eigenvalue weighted by atomic mass is 10.0. The maximum atomic E-state index is 14.7. The predicted molar refractivity (Wildman–Crippen MR) is 109 cm³/mol. The van der Waals surface area contributed by atoms with Crippen LogP contribution < -0.4 is 9.64 Å². The largest absolute Gasteiger partial charge is 0.481 e. The zero-order chi connectivity index (χ0) is 22.0. The Hall–Kier alpha value is -3.28. The van der Waals surface area contributed by atoms with Gasteiger partial charge in [0.1, 0.15) is 11.9 Å². The molecule has 2 atom stereocenters. The molecule has 2 saturated heterocycles. The Kier molecular flexibility index (Phi) is 5.72. The van der Waals surface area contributed by atoms with Crippen LogP contribution in [0.3, 0.4) is 0 Å². The number of likely N-dealkylation sites (tertiary alicyclic amines) is 1. The van der Waals surface area contributed by atoms with E-state index in [0.717, 1.165) is 18.7 Å². The average Bonchev–Trinajstić information content (AvgIpc) is 3.06. The van der Waals surface area contributed by atoms with Crippen molar-refractivity contribution >= 4 is 11.7 Å². The second-order valence-corrected chi connectivity index (χ2v) is 7.87. The first-order chi connectivity index (χ1) is 14.9. The minimum absolute atomic E-state index is 0.0991. The summed E-state index contributed by atoms with van der Waals surface area (Å²) in [6.45, 7) is 0.970. The highest BCUT2D eigenvalue weighted by atomic mass is 19.3. The summed E-state index contributed by atoms with van der Waals surface area (Å²) in [5, 5.41) is 8.95. The summed E-state index contributed by atoms with van der Waals surface area (Å²) in [7, 11) is 1.30. The number of carbonyl (C=O) groups excluding carboxylic acids is 1. The lowest BCUT2D eigenvalue weighted by molar-refractivity contribution is -0.134. The van der Waals surface area contributed by atoms with Crippen LogP contribution >= 0.6 is 0 Å². The molecule has 2 aliphatic heterocycles. The molecule has 0 aromatic carbocycles. The Morgan fingerprint density at radius 1 is 1.26 bits per heavy atom. The quantitative estimate of drug-likeness (QED) is 0.705. The first-order valence-electron chi connectivity index (χ1n) is 10.2. The van der Waals surface area contributed by atoms with Crippen molar-refractivity contribution in [2.75, 3.05) is 25.1 Å². The standard InChI is InChI=1S/C22H23F2N5O2/c1-31-21-18(3-2-10-26-21)22(23,24)9-8-20(30)28-13-16-5-6-17(14-28)29(16)19-7-4-15(11-25)12-27-19/h2-4,7,10,12,16-17H,5-6,8-9,13-14H2,1H3/t16-,17?/m0/s1. The van der Waals surface area contributed by atoms with Gasteiger partial charge in [0.05, 0.1) is 18.2 Å². The van der Waals surface area contributed by atoms with Crippen molar-refractivity contribution in [1.82, 2.24) is 14.9 Å². The molecule has 1 amide bonds. The summed E-state index contributed by atoms with van der Waals surface area (Å²) in [6.07, 6.45) is 3.92. The number of anilines is 1. The summed E-state index contributed by atoms with van der Waals surface area (Å²) >= 11 is 0. The predicted octanol–water partition coefficient (Wildman–Crippen LogP) is 3.11. The molecule has 4 rings (SSSR count). The van der Waals surface area contributed by atoms with Gasteiger partial charge < -0.3 is 14.5 Å². The number of fused-ring (bicyclic) bond motifs is 2. The maximum absolute atomic E-state index is 14.7. The third-order valence-corrected chi connectivity index (χ3v) is 5.99. The molecule has 31 heavy (non-hydrogen) atoms. The molecular weight excluding hydrogens is 404 g/mol. The fourth-order valence-corrected chi connectivity index (χ4v) is 4.47. The second kappa shape index (κ2) is 8.46. The van der Waals surface area contributed by atoms with E-state index < -0.39 is 12.3 Å². The number of amides is 1. The zero-order valence-electron chi connectivity index (χ0n) is 17.2. The zero-order valence-corrected chi connectivity index (χ0v) is 17.2. The highest BCUT2D eigenvalue weighted by Gasteiger charge is 2.43. The highest BCUT2D eigenvalue weighted by molar-refractivity contribution is 5.77. The number of nitrogens with zero attached hydrogens (tertiary/aromatic N) is 5. The number of methoxy groups -OCH3 is 1. The van der Waals surface area contributed by atoms with Crippen molar-refractivity contribution in [2.24, 2.45) is 0 Å². The van der Waals surface area contributed by atoms with Crippen LogP contribution in [-0.4, -0.2) is 53.1 Å². The van der Waals surface area contributed by atoms with Gasteiger partial charge in [-0.25, -0.2) is 18.7 Å². The number of rotatable bonds is 6. The molecule has 4 heterocycles. The molecule has 0 aliphatic carbocycles. The second-order valence-electron chi connectivity index (χ2n) is 7.87. The first-order valence-corrected chi connectivity index (χ1v) is 10.2. The molecule has 0 spiro atoms. The van der Waals surface area contributed by atoms with Crippen molar-refractivity contribution in [2.45, 2.75) is 43.7 Å². The van der Waals surface area contributed by atoms with Crippen molar-refractivity contribution in [3.05, 3.63) is 47.8 Å². The molecule has 0 N–H and O–H groups in total. The molecule has 0 saturated carbocycles. The molecule has 2 aromatic heterocycles. The fourth-order valence-electron chi connectivity index (χ4n) is 4.47. The summed E-state index contributed by atoms with van der Waals surface area (Å²) < 4.78 is 34.4. The van der Waals surface area contributed by atoms with Crippen LogP contribution in [0.2, 0.25) is 0 Å². The molecule has 2 fully saturated rings. The molecule has 7 nitrogen and oxygen atoms in total. The minimum atomic E-state index is -3.21. The summed E-state index contributed by atoms with van der Waals surface area (Å²) in [5.41, 5.74) is 0.193. The number of hydrogen-bond acceptors (Lipinski definition) is 6. The molecule has 162 valence electrons. The number of halogens is 2. The van der Waals surface area contributed by atoms with E-state index in [1.54, 1.807) is 17.2 Å². The number of pyridine rings is 2. The topological polar surface area (TPSA) is 82.4 Å². The van der Waals surface area contributed by atoms with Gasteiger partial charge in [-0.05, 0) is 37.1 Å². The molecule has 2 aromatic rings. The van der Waals surface area contributed by atoms with E-state index in [1.807, 2.05) is 6.07 Å². The molecule has 9 heteroatoms. The Morgan fingerprint density at radius 2 is 2.00 bits per heavy atom. The third kappa shape index (κ3) is 4.15. The lowest BCUT2D eigenvalue weighted by Gasteiger charge is -2.42. The number of nitriles is 1. The fraction of sp³-hybridized carbons (Fsp3) is 0.455. The Morgan fingerprint density at radius 3 is 2.61 bits per heavy atom. The molecule has 2 aliphatic rings. The number of alkyl halides is 2. The van der Waals surface area contributed by atoms with E-state index in [0.29, 0.717) is 18.7 Å². The van der Waals surface area contributed by atoms with Crippen LogP contribution in [0.4, 0.5) is 14.6 Å². The number of ether oxygens (including phenoxy) is 1. The SMILES string of the molecule is COc1ncccc1C(F)(F)CCC(=O)N1CC2CC[C@@H](C1)N2c1ccc(C#N)cn1. The smallest absolute Gasteiger partial charge is 0.278 e. The van der Waals surface area contributed by atoms with Gasteiger partial charge >= 0.3 is 0 Å². The van der Waals surface area contributed by atoms with Gasteiger partial charge in [-0.2, -0.15) is 5.26 Å². The Balaban J connectivity index is 1.39. The van der Waals surface area contributed by atoms with Gasteiger partial charge in [0, 0.05) is 50.4 Å². The van der Waals surface area contributed by atoms with E-state index >= 15 is 0 Å². The van der Waals surface area contributed by atoms with Gasteiger partial charge in [0.15, 0.2) is 0 Å². The minimum Gasteiger partial charge on any atom is -0.481 e. The Bertz CT molecular complexity index is 978. The van der Waals surface area contributed by atoms with E-state index in [2.05, 4.69) is 20.9 Å². The highest BCUT2D eigenvalue weighted by Crippen LogP contribution is 2.38. The maximum Gasteiger partial charge on any atom is 0.278 e. The van der Waals surface area contributed by atoms with E-state index in [-0.39, 0.29) is 35.9 Å². The number of piperazine rings is 1. The van der Waals surface area contributed by atoms with Gasteiger partial charge in [-0.1, -0.05) is 0 Å². The third-order valence-electron chi connectivity index (χ3n) is 5.99. The molecule has 2 bridgehead atoms. The number of carbonyl (C=O) groups is 1. The van der Waals surface area contributed by atoms with Gasteiger partial charge in [0.25, 0.3) is 5.92 Å². The average molecular weight is 427 g/mol. The van der Waals surface area contributed by atoms with Gasteiger partial charge in [-0.3, -0.25) is 4.79 Å². The lowest BCUT2D eigenvalue weighted by Crippen LogP contribution is -2.55. The summed E-state index contributed by atoms with van der Waals surface area (Å²) in [4.78, 5) is 24.9. The van der Waals surface area contributed by atoms with Crippen LogP contribution in [0.25, 0.3) is 0 Å². The van der Waals surface area contributed by atoms with Crippen LogP contribution in [-0.2, 0) is 10.7 Å². The van der Waals surface area contributed by atoms with E-state index in [1.165, 1.54) is 25.4 Å². The molecule has 0 radical (unpaired) electrons. The van der Waals surface area contributed by atoms with Crippen molar-refractivity contribution in [3.8, 4) is 11.9 Å². The van der Waals surface area contributed by atoms with Crippen molar-refractivity contribution in [1.29, 1.82) is 5.26 Å². The van der Waals surface area contributed by atoms with Crippen molar-refractivity contribution in [3.63, 3.8) is 0 Å². The van der Waals surface area contributed by atoms with Gasteiger partial charge in [-0.15, -0.1) is 0 Å². The van der Waals surface area contributed by atoms with Crippen LogP contribution in [0.5, 0.6) is 5.88 Å². The van der Waals surface area contributed by atoms with Crippen molar-refractivity contribution < 1.29 is 18.3 Å². The summed E-state index contributed by atoms with van der Waals surface area (Å²) in [6, 6.07) is 8.52. The van der Waals surface area contributed by atoms with Crippen LogP contribution in [0, 0.1) is 11.3 Å². The molecule has 1 unspecified atom stereocenters. The van der Waals surface area contributed by atoms with E-state index in [4.69, 9.17) is 10.00 Å². The van der Waals surface area contributed by atoms with Crippen LogP contribution in [0.1, 0.15) is 36.8 Å². The number of aromatic nitrogens is 2. The van der Waals surface area contributed by atoms with Crippen LogP contribution in [0.15, 0.2) is 36.7 Å². The van der Waals surface area contributed by atoms with Gasteiger partial charge in [0.2, 0.25) is 11.8 Å². The normalized spacial score (nSPS) is 20.5.